The number of thioether (sulfide) groups is 1. The van der Waals surface area contributed by atoms with Crippen LogP contribution < -0.4 is 4.90 Å². The van der Waals surface area contributed by atoms with Gasteiger partial charge in [0.25, 0.3) is 5.91 Å². The molecule has 0 unspecified atom stereocenters. The van der Waals surface area contributed by atoms with E-state index >= 15 is 0 Å². The van der Waals surface area contributed by atoms with Crippen molar-refractivity contribution >= 4 is 34.5 Å². The zero-order valence-corrected chi connectivity index (χ0v) is 18.8. The second-order valence-electron chi connectivity index (χ2n) is 9.17. The Morgan fingerprint density at radius 1 is 1.06 bits per heavy atom. The first-order valence-electron chi connectivity index (χ1n) is 11.7. The molecule has 3 aromatic rings. The monoisotopic (exact) mass is 432 g/mol. The maximum Gasteiger partial charge on any atom is 0.260 e. The third-order valence-electron chi connectivity index (χ3n) is 6.80. The number of rotatable bonds is 2. The van der Waals surface area contributed by atoms with Gasteiger partial charge in [0, 0.05) is 41.3 Å². The fourth-order valence-corrected chi connectivity index (χ4v) is 6.02. The number of imidazole rings is 1. The molecular formula is C25H28N4OS. The van der Waals surface area contributed by atoms with Crippen molar-refractivity contribution in [2.45, 2.75) is 74.5 Å². The van der Waals surface area contributed by atoms with Crippen molar-refractivity contribution < 1.29 is 4.79 Å². The first-order chi connectivity index (χ1) is 15.2. The molecule has 1 aliphatic carbocycles. The summed E-state index contributed by atoms with van der Waals surface area (Å²) in [6.45, 7) is 3.94. The fraction of sp³-hybridized carbons (Fsp3) is 0.480. The maximum absolute atomic E-state index is 14.1. The average molecular weight is 433 g/mol. The van der Waals surface area contributed by atoms with E-state index in [1.807, 2.05) is 22.7 Å². The second kappa shape index (κ2) is 7.66. The minimum absolute atomic E-state index is 0.0738. The number of amides is 1. The summed E-state index contributed by atoms with van der Waals surface area (Å²) in [5, 5.41) is 0.488. The Kier molecular flexibility index (Phi) is 4.78. The lowest BCUT2D eigenvalue weighted by atomic mass is 10.1. The number of carbonyl (C=O) groups excluding carboxylic acids is 1. The van der Waals surface area contributed by atoms with Crippen LogP contribution in [0.5, 0.6) is 0 Å². The first kappa shape index (κ1) is 19.4. The van der Waals surface area contributed by atoms with Gasteiger partial charge in [0.05, 0.1) is 11.3 Å². The van der Waals surface area contributed by atoms with Gasteiger partial charge in [0.1, 0.15) is 11.3 Å². The van der Waals surface area contributed by atoms with Crippen LogP contribution in [0.3, 0.4) is 0 Å². The Balaban J connectivity index is 1.50. The molecule has 1 saturated carbocycles. The van der Waals surface area contributed by atoms with Gasteiger partial charge in [-0.1, -0.05) is 25.5 Å². The lowest BCUT2D eigenvalue weighted by Crippen LogP contribution is -2.32. The summed E-state index contributed by atoms with van der Waals surface area (Å²) in [6, 6.07) is 10.4. The molecule has 2 aliphatic heterocycles. The molecule has 6 heteroatoms. The lowest BCUT2D eigenvalue weighted by Gasteiger charge is -2.23. The third kappa shape index (κ3) is 3.45. The Bertz CT molecular complexity index is 1170. The molecule has 6 rings (SSSR count). The molecule has 0 N–H and O–H groups in total. The number of anilines is 1. The van der Waals surface area contributed by atoms with Gasteiger partial charge in [-0.15, -0.1) is 11.8 Å². The number of aromatic nitrogens is 3. The van der Waals surface area contributed by atoms with E-state index in [-0.39, 0.29) is 5.91 Å². The summed E-state index contributed by atoms with van der Waals surface area (Å²) >= 11 is 1.87. The van der Waals surface area contributed by atoms with E-state index < -0.39 is 0 Å². The topological polar surface area (TPSA) is 51.0 Å². The molecule has 4 heterocycles. The average Bonchev–Trinajstić information content (AvgIpc) is 3.60. The van der Waals surface area contributed by atoms with Crippen LogP contribution in [0.1, 0.15) is 73.2 Å². The molecule has 3 aliphatic rings. The summed E-state index contributed by atoms with van der Waals surface area (Å²) < 4.78 is 2.29. The van der Waals surface area contributed by atoms with Crippen LogP contribution in [0.15, 0.2) is 35.2 Å². The van der Waals surface area contributed by atoms with Gasteiger partial charge in [0.2, 0.25) is 0 Å². The predicted octanol–water partition coefficient (Wildman–Crippen LogP) is 5.57. The largest absolute Gasteiger partial charge is 0.313 e. The molecular weight excluding hydrogens is 404 g/mol. The van der Waals surface area contributed by atoms with Crippen molar-refractivity contribution in [3.63, 3.8) is 0 Å². The van der Waals surface area contributed by atoms with Gasteiger partial charge in [0.15, 0.2) is 5.65 Å². The summed E-state index contributed by atoms with van der Waals surface area (Å²) in [4.78, 5) is 27.3. The van der Waals surface area contributed by atoms with Crippen molar-refractivity contribution in [1.82, 2.24) is 14.5 Å². The van der Waals surface area contributed by atoms with Crippen LogP contribution in [0.25, 0.3) is 11.2 Å². The SMILES string of the molecule is C[C@H]1CCN(C(=O)c2cc(C3CC3)nc3c2nc2n3CCCCC2)c2ccccc2S1. The third-order valence-corrected chi connectivity index (χ3v) is 8.04. The highest BCUT2D eigenvalue weighted by atomic mass is 32.2. The van der Waals surface area contributed by atoms with Crippen molar-refractivity contribution in [3.8, 4) is 0 Å². The number of benzene rings is 1. The van der Waals surface area contributed by atoms with Gasteiger partial charge in [-0.05, 0) is 50.3 Å². The fourth-order valence-electron chi connectivity index (χ4n) is 4.90. The smallest absolute Gasteiger partial charge is 0.260 e. The van der Waals surface area contributed by atoms with Crippen molar-refractivity contribution in [3.05, 3.63) is 47.4 Å². The second-order valence-corrected chi connectivity index (χ2v) is 10.7. The Hall–Kier alpha value is -2.34. The van der Waals surface area contributed by atoms with Crippen LogP contribution >= 0.6 is 11.8 Å². The zero-order chi connectivity index (χ0) is 20.9. The summed E-state index contributed by atoms with van der Waals surface area (Å²) in [6.07, 6.45) is 7.86. The Morgan fingerprint density at radius 2 is 1.94 bits per heavy atom. The van der Waals surface area contributed by atoms with Gasteiger partial charge in [-0.3, -0.25) is 4.79 Å². The maximum atomic E-state index is 14.1. The normalized spacial score (nSPS) is 21.3. The highest BCUT2D eigenvalue weighted by Crippen LogP contribution is 2.42. The molecule has 1 atom stereocenters. The number of para-hydroxylation sites is 1. The van der Waals surface area contributed by atoms with E-state index in [0.29, 0.717) is 11.2 Å². The summed E-state index contributed by atoms with van der Waals surface area (Å²) in [5.41, 5.74) is 4.57. The summed E-state index contributed by atoms with van der Waals surface area (Å²) in [5.74, 6) is 1.67. The van der Waals surface area contributed by atoms with Crippen molar-refractivity contribution in [1.29, 1.82) is 0 Å². The van der Waals surface area contributed by atoms with E-state index in [2.05, 4.69) is 35.8 Å². The van der Waals surface area contributed by atoms with Gasteiger partial charge >= 0.3 is 0 Å². The quantitative estimate of drug-likeness (QED) is 0.531. The van der Waals surface area contributed by atoms with Crippen molar-refractivity contribution in [2.75, 3.05) is 11.4 Å². The number of fused-ring (bicyclic) bond motifs is 4. The van der Waals surface area contributed by atoms with E-state index in [9.17, 15) is 4.79 Å². The first-order valence-corrected chi connectivity index (χ1v) is 12.5. The van der Waals surface area contributed by atoms with E-state index in [1.54, 1.807) is 0 Å². The van der Waals surface area contributed by atoms with Crippen LogP contribution in [-0.4, -0.2) is 32.2 Å². The Labute approximate surface area is 187 Å². The molecule has 0 saturated heterocycles. The number of nitrogens with zero attached hydrogens (tertiary/aromatic N) is 4. The molecule has 0 radical (unpaired) electrons. The Morgan fingerprint density at radius 3 is 2.81 bits per heavy atom. The number of hydrogen-bond acceptors (Lipinski definition) is 4. The zero-order valence-electron chi connectivity index (χ0n) is 18.0. The summed E-state index contributed by atoms with van der Waals surface area (Å²) in [7, 11) is 0. The molecule has 5 nitrogen and oxygen atoms in total. The van der Waals surface area contributed by atoms with Gasteiger partial charge in [-0.25, -0.2) is 9.97 Å². The molecule has 1 fully saturated rings. The highest BCUT2D eigenvalue weighted by molar-refractivity contribution is 8.00. The van der Waals surface area contributed by atoms with Crippen LogP contribution in [-0.2, 0) is 13.0 Å². The van der Waals surface area contributed by atoms with Gasteiger partial charge < -0.3 is 9.47 Å². The highest BCUT2D eigenvalue weighted by Gasteiger charge is 2.32. The van der Waals surface area contributed by atoms with Crippen molar-refractivity contribution in [2.24, 2.45) is 0 Å². The van der Waals surface area contributed by atoms with Crippen LogP contribution in [0.2, 0.25) is 0 Å². The van der Waals surface area contributed by atoms with E-state index in [4.69, 9.17) is 9.97 Å². The lowest BCUT2D eigenvalue weighted by molar-refractivity contribution is 0.0987. The predicted molar refractivity (Wildman–Crippen MR) is 125 cm³/mol. The molecule has 0 bridgehead atoms. The van der Waals surface area contributed by atoms with E-state index in [0.717, 1.165) is 72.7 Å². The van der Waals surface area contributed by atoms with E-state index in [1.165, 1.54) is 24.2 Å². The molecule has 1 amide bonds. The molecule has 2 aromatic heterocycles. The molecule has 160 valence electrons. The number of hydrogen-bond donors (Lipinski definition) is 0. The standard InChI is InChI=1S/C25H28N4OS/c1-16-12-14-28(20-7-4-5-8-21(20)31-16)25(30)18-15-19(17-10-11-17)26-24-23(18)27-22-9-3-2-6-13-29(22)24/h4-5,7-8,15-17H,2-3,6,9-14H2,1H3/t16-/m0/s1. The molecule has 1 aromatic carbocycles. The number of pyridine rings is 1. The number of carbonyl (C=O) groups is 1. The minimum atomic E-state index is 0.0738. The molecule has 31 heavy (non-hydrogen) atoms. The van der Waals surface area contributed by atoms with Crippen LogP contribution in [0, 0.1) is 0 Å². The minimum Gasteiger partial charge on any atom is -0.313 e. The van der Waals surface area contributed by atoms with Crippen LogP contribution in [0.4, 0.5) is 5.69 Å². The number of aryl methyl sites for hydroxylation is 2. The molecule has 0 spiro atoms. The van der Waals surface area contributed by atoms with Gasteiger partial charge in [-0.2, -0.15) is 0 Å².